The first-order valence-corrected chi connectivity index (χ1v) is 10.0. The predicted octanol–water partition coefficient (Wildman–Crippen LogP) is 3.80. The molecule has 0 saturated carbocycles. The van der Waals surface area contributed by atoms with Crippen LogP contribution in [-0.4, -0.2) is 43.7 Å². The number of hydrogen-bond donors (Lipinski definition) is 2. The maximum absolute atomic E-state index is 5.10. The molecule has 0 spiro atoms. The second-order valence-corrected chi connectivity index (χ2v) is 7.37. The lowest BCUT2D eigenvalue weighted by Crippen LogP contribution is -2.44. The molecule has 152 valence electrons. The lowest BCUT2D eigenvalue weighted by molar-refractivity contribution is 0.397. The first-order chi connectivity index (χ1) is 13.2. The molecule has 1 aliphatic rings. The fourth-order valence-electron chi connectivity index (χ4n) is 3.07. The summed E-state index contributed by atoms with van der Waals surface area (Å²) < 4.78 is 6.20. The van der Waals surface area contributed by atoms with Crippen LogP contribution in [0.1, 0.15) is 18.9 Å². The van der Waals surface area contributed by atoms with Crippen molar-refractivity contribution < 1.29 is 4.74 Å². The van der Waals surface area contributed by atoms with Gasteiger partial charge in [0.2, 0.25) is 5.88 Å². The molecule has 1 saturated heterocycles. The molecule has 0 aliphatic carbocycles. The molecule has 28 heavy (non-hydrogen) atoms. The van der Waals surface area contributed by atoms with Crippen molar-refractivity contribution in [3.05, 3.63) is 52.6 Å². The van der Waals surface area contributed by atoms with Gasteiger partial charge in [0, 0.05) is 48.1 Å². The Bertz CT molecular complexity index is 754. The van der Waals surface area contributed by atoms with E-state index in [1.54, 1.807) is 13.3 Å². The maximum atomic E-state index is 5.10. The van der Waals surface area contributed by atoms with Crippen molar-refractivity contribution in [2.75, 3.05) is 31.6 Å². The number of benzene rings is 1. The number of ether oxygens (including phenoxy) is 1. The molecule has 3 rings (SSSR count). The van der Waals surface area contributed by atoms with Crippen molar-refractivity contribution in [2.45, 2.75) is 25.9 Å². The predicted molar refractivity (Wildman–Crippen MR) is 129 cm³/mol. The van der Waals surface area contributed by atoms with Crippen molar-refractivity contribution in [1.82, 2.24) is 15.6 Å². The van der Waals surface area contributed by atoms with Gasteiger partial charge >= 0.3 is 0 Å². The quantitative estimate of drug-likeness (QED) is 0.320. The van der Waals surface area contributed by atoms with Crippen LogP contribution in [0.4, 0.5) is 5.69 Å². The van der Waals surface area contributed by atoms with E-state index in [-0.39, 0.29) is 24.0 Å². The maximum Gasteiger partial charge on any atom is 0.212 e. The number of halogens is 2. The summed E-state index contributed by atoms with van der Waals surface area (Å²) >= 11 is 3.49. The van der Waals surface area contributed by atoms with Gasteiger partial charge in [-0.25, -0.2) is 9.98 Å². The third kappa shape index (κ3) is 6.51. The average Bonchev–Trinajstić information content (AvgIpc) is 3.16. The molecule has 0 bridgehead atoms. The number of guanidine groups is 1. The van der Waals surface area contributed by atoms with Crippen LogP contribution in [0.2, 0.25) is 0 Å². The van der Waals surface area contributed by atoms with E-state index in [4.69, 9.17) is 9.73 Å². The van der Waals surface area contributed by atoms with Crippen LogP contribution in [0.5, 0.6) is 5.88 Å². The first-order valence-electron chi connectivity index (χ1n) is 9.22. The number of pyridine rings is 1. The number of aliphatic imine (C=N–C) groups is 1. The molecule has 1 aliphatic heterocycles. The molecule has 2 heterocycles. The molecule has 2 N–H and O–H groups in total. The summed E-state index contributed by atoms with van der Waals surface area (Å²) in [5.41, 5.74) is 2.31. The smallest absolute Gasteiger partial charge is 0.212 e. The molecule has 2 aromatic rings. The fourth-order valence-corrected chi connectivity index (χ4v) is 3.34. The summed E-state index contributed by atoms with van der Waals surface area (Å²) in [4.78, 5) is 11.3. The van der Waals surface area contributed by atoms with E-state index in [2.05, 4.69) is 67.6 Å². The fraction of sp³-hybridized carbons (Fsp3) is 0.400. The van der Waals surface area contributed by atoms with Crippen LogP contribution in [-0.2, 0) is 6.54 Å². The van der Waals surface area contributed by atoms with E-state index < -0.39 is 0 Å². The highest BCUT2D eigenvalue weighted by Gasteiger charge is 2.23. The van der Waals surface area contributed by atoms with Crippen LogP contribution in [0, 0.1) is 0 Å². The zero-order chi connectivity index (χ0) is 19.1. The van der Waals surface area contributed by atoms with Crippen molar-refractivity contribution in [2.24, 2.45) is 4.99 Å². The average molecular weight is 560 g/mol. The van der Waals surface area contributed by atoms with Gasteiger partial charge in [0.25, 0.3) is 0 Å². The molecular formula is C20H27BrIN5O. The Balaban J connectivity index is 0.00000280. The SMILES string of the molecule is CCNC(=NCc1ccc(OC)nc1)NC1CCN(c2ccc(Br)cc2)C1.I. The number of methoxy groups -OCH3 is 1. The second-order valence-electron chi connectivity index (χ2n) is 6.46. The number of nitrogens with zero attached hydrogens (tertiary/aromatic N) is 3. The highest BCUT2D eigenvalue weighted by Crippen LogP contribution is 2.22. The Labute approximate surface area is 192 Å². The molecule has 8 heteroatoms. The Morgan fingerprint density at radius 1 is 1.29 bits per heavy atom. The van der Waals surface area contributed by atoms with Crippen molar-refractivity contribution in [3.8, 4) is 5.88 Å². The van der Waals surface area contributed by atoms with Gasteiger partial charge in [-0.05, 0) is 43.2 Å². The topological polar surface area (TPSA) is 61.8 Å². The Hall–Kier alpha value is -1.55. The largest absolute Gasteiger partial charge is 0.481 e. The Morgan fingerprint density at radius 3 is 2.71 bits per heavy atom. The van der Waals surface area contributed by atoms with Gasteiger partial charge in [0.1, 0.15) is 0 Å². The summed E-state index contributed by atoms with van der Waals surface area (Å²) in [6.45, 7) is 5.50. The number of aromatic nitrogens is 1. The van der Waals surface area contributed by atoms with E-state index in [9.17, 15) is 0 Å². The van der Waals surface area contributed by atoms with Crippen LogP contribution in [0.3, 0.4) is 0 Å². The Morgan fingerprint density at radius 2 is 2.07 bits per heavy atom. The van der Waals surface area contributed by atoms with Gasteiger partial charge in [0.05, 0.1) is 13.7 Å². The molecule has 6 nitrogen and oxygen atoms in total. The summed E-state index contributed by atoms with van der Waals surface area (Å²) in [5.74, 6) is 1.46. The molecule has 1 aromatic heterocycles. The highest BCUT2D eigenvalue weighted by molar-refractivity contribution is 14.0. The third-order valence-electron chi connectivity index (χ3n) is 4.49. The van der Waals surface area contributed by atoms with Crippen LogP contribution < -0.4 is 20.3 Å². The lowest BCUT2D eigenvalue weighted by atomic mass is 10.2. The minimum atomic E-state index is 0. The number of hydrogen-bond acceptors (Lipinski definition) is 4. The summed E-state index contributed by atoms with van der Waals surface area (Å²) in [6, 6.07) is 12.7. The highest BCUT2D eigenvalue weighted by atomic mass is 127. The molecule has 0 amide bonds. The van der Waals surface area contributed by atoms with E-state index >= 15 is 0 Å². The van der Waals surface area contributed by atoms with E-state index in [0.29, 0.717) is 18.5 Å². The molecule has 0 radical (unpaired) electrons. The molecule has 1 aromatic carbocycles. The monoisotopic (exact) mass is 559 g/mol. The first kappa shape index (κ1) is 22.7. The third-order valence-corrected chi connectivity index (χ3v) is 5.02. The minimum absolute atomic E-state index is 0. The number of rotatable bonds is 6. The van der Waals surface area contributed by atoms with E-state index in [0.717, 1.165) is 42.1 Å². The van der Waals surface area contributed by atoms with E-state index in [1.807, 2.05) is 12.1 Å². The minimum Gasteiger partial charge on any atom is -0.481 e. The number of nitrogens with one attached hydrogen (secondary N) is 2. The number of anilines is 1. The summed E-state index contributed by atoms with van der Waals surface area (Å²) in [6.07, 6.45) is 2.89. The Kier molecular flexibility index (Phi) is 9.30. The lowest BCUT2D eigenvalue weighted by Gasteiger charge is -2.20. The standard InChI is InChI=1S/C20H26BrN5O.HI/c1-3-22-20(24-13-15-4-9-19(27-2)23-12-15)25-17-10-11-26(14-17)18-7-5-16(21)6-8-18;/h4-9,12,17H,3,10-11,13-14H2,1-2H3,(H2,22,24,25);1H. The van der Waals surface area contributed by atoms with Crippen molar-refractivity contribution in [1.29, 1.82) is 0 Å². The van der Waals surface area contributed by atoms with Crippen molar-refractivity contribution in [3.63, 3.8) is 0 Å². The van der Waals surface area contributed by atoms with Gasteiger partial charge < -0.3 is 20.3 Å². The van der Waals surface area contributed by atoms with Gasteiger partial charge in [-0.15, -0.1) is 24.0 Å². The summed E-state index contributed by atoms with van der Waals surface area (Å²) in [5, 5.41) is 6.90. The normalized spacial score (nSPS) is 16.5. The zero-order valence-electron chi connectivity index (χ0n) is 16.2. The zero-order valence-corrected chi connectivity index (χ0v) is 20.1. The van der Waals surface area contributed by atoms with Gasteiger partial charge in [-0.2, -0.15) is 0 Å². The molecule has 1 fully saturated rings. The summed E-state index contributed by atoms with van der Waals surface area (Å²) in [7, 11) is 1.62. The van der Waals surface area contributed by atoms with Gasteiger partial charge in [-0.1, -0.05) is 22.0 Å². The van der Waals surface area contributed by atoms with Crippen LogP contribution in [0.25, 0.3) is 0 Å². The van der Waals surface area contributed by atoms with Crippen molar-refractivity contribution >= 4 is 51.6 Å². The molecule has 1 unspecified atom stereocenters. The molecular weight excluding hydrogens is 533 g/mol. The van der Waals surface area contributed by atoms with Crippen LogP contribution in [0.15, 0.2) is 52.1 Å². The van der Waals surface area contributed by atoms with Gasteiger partial charge in [-0.3, -0.25) is 0 Å². The van der Waals surface area contributed by atoms with E-state index in [1.165, 1.54) is 5.69 Å². The van der Waals surface area contributed by atoms with Gasteiger partial charge in [0.15, 0.2) is 5.96 Å². The second kappa shape index (κ2) is 11.5. The molecule has 1 atom stereocenters. The van der Waals surface area contributed by atoms with Crippen LogP contribution >= 0.6 is 39.9 Å².